The van der Waals surface area contributed by atoms with E-state index in [-0.39, 0.29) is 11.8 Å². The van der Waals surface area contributed by atoms with E-state index < -0.39 is 0 Å². The van der Waals surface area contributed by atoms with Gasteiger partial charge in [0.25, 0.3) is 5.91 Å². The Labute approximate surface area is 135 Å². The van der Waals surface area contributed by atoms with Crippen molar-refractivity contribution in [1.82, 2.24) is 15.3 Å². The van der Waals surface area contributed by atoms with Crippen LogP contribution < -0.4 is 5.32 Å². The molecule has 1 aromatic carbocycles. The lowest BCUT2D eigenvalue weighted by molar-refractivity contribution is 0.0949. The van der Waals surface area contributed by atoms with Crippen LogP contribution in [0.4, 0.5) is 0 Å². The molecule has 0 saturated carbocycles. The first-order valence-corrected chi connectivity index (χ1v) is 8.48. The Morgan fingerprint density at radius 2 is 1.95 bits per heavy atom. The first-order valence-electron chi connectivity index (χ1n) is 7.26. The lowest BCUT2D eigenvalue weighted by Gasteiger charge is -2.10. The summed E-state index contributed by atoms with van der Waals surface area (Å²) in [4.78, 5) is 22.1. The number of carbonyl (C=O) groups excluding carboxylic acids is 1. The number of nitrogens with one attached hydrogen (secondary N) is 1. The third kappa shape index (κ3) is 4.07. The summed E-state index contributed by atoms with van der Waals surface area (Å²) in [7, 11) is 0. The van der Waals surface area contributed by atoms with Gasteiger partial charge in [-0.25, -0.2) is 9.97 Å². The van der Waals surface area contributed by atoms with Gasteiger partial charge in [0, 0.05) is 23.6 Å². The zero-order valence-electron chi connectivity index (χ0n) is 13.4. The van der Waals surface area contributed by atoms with E-state index >= 15 is 0 Å². The average molecular weight is 315 g/mol. The van der Waals surface area contributed by atoms with Crippen LogP contribution in [0.15, 0.2) is 35.4 Å². The SMILES string of the molecule is CSc1ccc(CNC(=O)c2cnc(C(C)C)nc2C)cc1. The molecule has 1 heterocycles. The van der Waals surface area contributed by atoms with Crippen LogP contribution in [0.3, 0.4) is 0 Å². The van der Waals surface area contributed by atoms with E-state index in [0.29, 0.717) is 17.8 Å². The molecule has 22 heavy (non-hydrogen) atoms. The largest absolute Gasteiger partial charge is 0.348 e. The summed E-state index contributed by atoms with van der Waals surface area (Å²) in [6.07, 6.45) is 3.66. The molecule has 2 rings (SSSR count). The van der Waals surface area contributed by atoms with Gasteiger partial charge in [-0.2, -0.15) is 0 Å². The molecule has 116 valence electrons. The summed E-state index contributed by atoms with van der Waals surface area (Å²) in [5, 5.41) is 2.92. The predicted molar refractivity (Wildman–Crippen MR) is 90.3 cm³/mol. The molecule has 0 aliphatic heterocycles. The van der Waals surface area contributed by atoms with E-state index in [1.807, 2.05) is 39.2 Å². The summed E-state index contributed by atoms with van der Waals surface area (Å²) >= 11 is 1.70. The third-order valence-corrected chi connectivity index (χ3v) is 4.11. The van der Waals surface area contributed by atoms with Crippen LogP contribution in [-0.4, -0.2) is 22.1 Å². The third-order valence-electron chi connectivity index (χ3n) is 3.37. The van der Waals surface area contributed by atoms with E-state index in [4.69, 9.17) is 0 Å². The average Bonchev–Trinajstić information content (AvgIpc) is 2.52. The van der Waals surface area contributed by atoms with Crippen LogP contribution in [0, 0.1) is 6.92 Å². The van der Waals surface area contributed by atoms with Crippen molar-refractivity contribution in [2.24, 2.45) is 0 Å². The van der Waals surface area contributed by atoms with Crippen molar-refractivity contribution in [3.05, 3.63) is 53.1 Å². The van der Waals surface area contributed by atoms with Crippen molar-refractivity contribution in [2.45, 2.75) is 38.1 Å². The second-order valence-electron chi connectivity index (χ2n) is 5.41. The maximum atomic E-state index is 12.2. The van der Waals surface area contributed by atoms with Crippen LogP contribution in [0.5, 0.6) is 0 Å². The van der Waals surface area contributed by atoms with Crippen molar-refractivity contribution in [3.8, 4) is 0 Å². The molecule has 1 aromatic heterocycles. The number of hydrogen-bond acceptors (Lipinski definition) is 4. The van der Waals surface area contributed by atoms with Gasteiger partial charge in [0.1, 0.15) is 5.82 Å². The molecule has 0 aliphatic carbocycles. The molecular weight excluding hydrogens is 294 g/mol. The van der Waals surface area contributed by atoms with Gasteiger partial charge in [-0.3, -0.25) is 4.79 Å². The Morgan fingerprint density at radius 3 is 2.50 bits per heavy atom. The van der Waals surface area contributed by atoms with Crippen molar-refractivity contribution < 1.29 is 4.79 Å². The molecule has 0 fully saturated rings. The maximum absolute atomic E-state index is 12.2. The van der Waals surface area contributed by atoms with Gasteiger partial charge in [0.15, 0.2) is 0 Å². The van der Waals surface area contributed by atoms with E-state index in [9.17, 15) is 4.79 Å². The second-order valence-corrected chi connectivity index (χ2v) is 6.29. The number of rotatable bonds is 5. The van der Waals surface area contributed by atoms with Crippen molar-refractivity contribution in [1.29, 1.82) is 0 Å². The quantitative estimate of drug-likeness (QED) is 0.857. The van der Waals surface area contributed by atoms with Crippen LogP contribution in [0.2, 0.25) is 0 Å². The molecule has 0 saturated heterocycles. The maximum Gasteiger partial charge on any atom is 0.254 e. The zero-order valence-corrected chi connectivity index (χ0v) is 14.2. The topological polar surface area (TPSA) is 54.9 Å². The molecule has 4 nitrogen and oxygen atoms in total. The summed E-state index contributed by atoms with van der Waals surface area (Å²) in [5.41, 5.74) is 2.32. The lowest BCUT2D eigenvalue weighted by atomic mass is 10.1. The molecule has 0 bridgehead atoms. The Balaban J connectivity index is 2.02. The minimum atomic E-state index is -0.137. The number of carbonyl (C=O) groups is 1. The van der Waals surface area contributed by atoms with E-state index in [1.165, 1.54) is 4.90 Å². The Bertz CT molecular complexity index is 653. The van der Waals surface area contributed by atoms with Crippen LogP contribution >= 0.6 is 11.8 Å². The first kappa shape index (κ1) is 16.5. The molecule has 0 atom stereocenters. The van der Waals surface area contributed by atoms with Crippen molar-refractivity contribution >= 4 is 17.7 Å². The number of aryl methyl sites for hydroxylation is 1. The number of benzene rings is 1. The van der Waals surface area contributed by atoms with E-state index in [0.717, 1.165) is 11.4 Å². The molecule has 1 N–H and O–H groups in total. The number of amides is 1. The molecule has 1 amide bonds. The smallest absolute Gasteiger partial charge is 0.254 e. The highest BCUT2D eigenvalue weighted by Gasteiger charge is 2.12. The molecule has 0 spiro atoms. The number of thioether (sulfide) groups is 1. The fraction of sp³-hybridized carbons (Fsp3) is 0.353. The molecule has 0 radical (unpaired) electrons. The minimum Gasteiger partial charge on any atom is -0.348 e. The summed E-state index contributed by atoms with van der Waals surface area (Å²) in [6.45, 7) is 6.41. The second kappa shape index (κ2) is 7.40. The standard InChI is InChI=1S/C17H21N3OS/c1-11(2)16-18-10-15(12(3)20-16)17(21)19-9-13-5-7-14(22-4)8-6-13/h5-8,10-11H,9H2,1-4H3,(H,19,21). The van der Waals surface area contributed by atoms with Gasteiger partial charge < -0.3 is 5.32 Å². The molecule has 0 unspecified atom stereocenters. The molecule has 5 heteroatoms. The monoisotopic (exact) mass is 315 g/mol. The van der Waals surface area contributed by atoms with Crippen LogP contribution in [-0.2, 0) is 6.54 Å². The minimum absolute atomic E-state index is 0.137. The van der Waals surface area contributed by atoms with Crippen molar-refractivity contribution in [2.75, 3.05) is 6.26 Å². The van der Waals surface area contributed by atoms with E-state index in [1.54, 1.807) is 18.0 Å². The summed E-state index contributed by atoms with van der Waals surface area (Å²) in [6, 6.07) is 8.16. The number of nitrogens with zero attached hydrogens (tertiary/aromatic N) is 2. The van der Waals surface area contributed by atoms with Crippen molar-refractivity contribution in [3.63, 3.8) is 0 Å². The van der Waals surface area contributed by atoms with Gasteiger partial charge >= 0.3 is 0 Å². The Kier molecular flexibility index (Phi) is 5.55. The van der Waals surface area contributed by atoms with Gasteiger partial charge in [-0.15, -0.1) is 11.8 Å². The molecule has 0 aliphatic rings. The highest BCUT2D eigenvalue weighted by molar-refractivity contribution is 7.98. The lowest BCUT2D eigenvalue weighted by Crippen LogP contribution is -2.24. The Hall–Kier alpha value is -1.88. The normalized spacial score (nSPS) is 10.8. The Morgan fingerprint density at radius 1 is 1.27 bits per heavy atom. The van der Waals surface area contributed by atoms with Crippen LogP contribution in [0.25, 0.3) is 0 Å². The predicted octanol–water partition coefficient (Wildman–Crippen LogP) is 3.56. The molecule has 2 aromatic rings. The van der Waals surface area contributed by atoms with Gasteiger partial charge in [0.2, 0.25) is 0 Å². The molecular formula is C17H21N3OS. The fourth-order valence-corrected chi connectivity index (χ4v) is 2.42. The van der Waals surface area contributed by atoms with Gasteiger partial charge in [0.05, 0.1) is 11.3 Å². The first-order chi connectivity index (χ1) is 10.5. The van der Waals surface area contributed by atoms with Gasteiger partial charge in [-0.1, -0.05) is 26.0 Å². The number of hydrogen-bond donors (Lipinski definition) is 1. The highest BCUT2D eigenvalue weighted by atomic mass is 32.2. The van der Waals surface area contributed by atoms with E-state index in [2.05, 4.69) is 27.4 Å². The fourth-order valence-electron chi connectivity index (χ4n) is 2.01. The summed E-state index contributed by atoms with van der Waals surface area (Å²) < 4.78 is 0. The van der Waals surface area contributed by atoms with Gasteiger partial charge in [-0.05, 0) is 30.9 Å². The van der Waals surface area contributed by atoms with Crippen LogP contribution in [0.1, 0.15) is 47.2 Å². The zero-order chi connectivity index (χ0) is 16.1. The highest BCUT2D eigenvalue weighted by Crippen LogP contribution is 2.15. The summed E-state index contributed by atoms with van der Waals surface area (Å²) in [5.74, 6) is 0.884. The number of aromatic nitrogens is 2.